The van der Waals surface area contributed by atoms with E-state index in [0.717, 1.165) is 13.1 Å². The summed E-state index contributed by atoms with van der Waals surface area (Å²) in [7, 11) is 0. The Kier molecular flexibility index (Phi) is 4.81. The number of thioether (sulfide) groups is 1. The van der Waals surface area contributed by atoms with Crippen LogP contribution < -0.4 is 5.32 Å². The Morgan fingerprint density at radius 1 is 1.14 bits per heavy atom. The fraction of sp³-hybridized carbons (Fsp3) is 0.500. The summed E-state index contributed by atoms with van der Waals surface area (Å²) < 4.78 is 0.455. The summed E-state index contributed by atoms with van der Waals surface area (Å²) in [5.41, 5.74) is 1.31. The molecule has 3 heteroatoms. The maximum atomic E-state index is 4.37. The van der Waals surface area contributed by atoms with Crippen LogP contribution >= 0.6 is 11.8 Å². The molecule has 0 atom stereocenters. The van der Waals surface area contributed by atoms with Gasteiger partial charge in [0.2, 0.25) is 0 Å². The van der Waals surface area contributed by atoms with Crippen molar-refractivity contribution in [3.05, 3.63) is 42.2 Å². The van der Waals surface area contributed by atoms with Crippen molar-refractivity contribution in [1.82, 2.24) is 10.3 Å². The smallest absolute Gasteiger partial charge is 0.0346 e. The van der Waals surface area contributed by atoms with Gasteiger partial charge in [-0.15, -0.1) is 0 Å². The third-order valence-electron chi connectivity index (χ3n) is 4.71. The highest BCUT2D eigenvalue weighted by Gasteiger charge is 2.30. The average Bonchev–Trinajstić information content (AvgIpc) is 2.56. The van der Waals surface area contributed by atoms with Gasteiger partial charge in [0, 0.05) is 35.6 Å². The Hall–Kier alpha value is -1.06. The molecule has 1 aromatic carbocycles. The largest absolute Gasteiger partial charge is 0.311 e. The fourth-order valence-corrected chi connectivity index (χ4v) is 4.34. The van der Waals surface area contributed by atoms with Crippen LogP contribution in [0.1, 0.15) is 37.7 Å². The van der Waals surface area contributed by atoms with Gasteiger partial charge in [0.25, 0.3) is 0 Å². The van der Waals surface area contributed by atoms with Crippen molar-refractivity contribution in [2.45, 2.75) is 43.4 Å². The van der Waals surface area contributed by atoms with Crippen molar-refractivity contribution in [3.8, 4) is 0 Å². The highest BCUT2D eigenvalue weighted by molar-refractivity contribution is 8.00. The van der Waals surface area contributed by atoms with Crippen LogP contribution in [0.3, 0.4) is 0 Å². The van der Waals surface area contributed by atoms with E-state index in [-0.39, 0.29) is 0 Å². The molecule has 0 saturated heterocycles. The number of fused-ring (bicyclic) bond motifs is 1. The number of nitrogens with one attached hydrogen (secondary N) is 1. The maximum Gasteiger partial charge on any atom is 0.0346 e. The molecule has 1 aromatic heterocycles. The van der Waals surface area contributed by atoms with Gasteiger partial charge in [0.05, 0.1) is 0 Å². The topological polar surface area (TPSA) is 24.9 Å². The molecule has 0 unspecified atom stereocenters. The molecule has 1 saturated carbocycles. The lowest BCUT2D eigenvalue weighted by Gasteiger charge is -2.36. The van der Waals surface area contributed by atoms with Crippen LogP contribution in [0.2, 0.25) is 0 Å². The number of hydrogen-bond donors (Lipinski definition) is 1. The summed E-state index contributed by atoms with van der Waals surface area (Å²) in [4.78, 5) is 4.37. The molecule has 1 aliphatic carbocycles. The van der Waals surface area contributed by atoms with Gasteiger partial charge >= 0.3 is 0 Å². The lowest BCUT2D eigenvalue weighted by Crippen LogP contribution is -2.39. The molecule has 0 amide bonds. The second-order valence-electron chi connectivity index (χ2n) is 6.07. The molecule has 1 heterocycles. The molecule has 0 spiro atoms. The average molecular weight is 300 g/mol. The van der Waals surface area contributed by atoms with E-state index in [1.165, 1.54) is 48.4 Å². The predicted octanol–water partition coefficient (Wildman–Crippen LogP) is 4.39. The molecule has 1 N–H and O–H groups in total. The van der Waals surface area contributed by atoms with Gasteiger partial charge < -0.3 is 5.32 Å². The van der Waals surface area contributed by atoms with E-state index in [1.807, 2.05) is 12.4 Å². The molecule has 2 aromatic rings. The van der Waals surface area contributed by atoms with E-state index in [2.05, 4.69) is 52.6 Å². The number of aromatic nitrogens is 1. The van der Waals surface area contributed by atoms with Gasteiger partial charge in [-0.2, -0.15) is 11.8 Å². The zero-order valence-electron chi connectivity index (χ0n) is 12.8. The molecular formula is C18H24N2S. The van der Waals surface area contributed by atoms with Gasteiger partial charge in [-0.05, 0) is 30.0 Å². The molecule has 0 bridgehead atoms. The van der Waals surface area contributed by atoms with Crippen LogP contribution in [-0.2, 0) is 6.54 Å². The highest BCUT2D eigenvalue weighted by Crippen LogP contribution is 2.38. The molecule has 3 rings (SSSR count). The Bertz CT molecular complexity index is 585. The first kappa shape index (κ1) is 14.9. The van der Waals surface area contributed by atoms with E-state index in [9.17, 15) is 0 Å². The monoisotopic (exact) mass is 300 g/mol. The van der Waals surface area contributed by atoms with E-state index < -0.39 is 0 Å². The summed E-state index contributed by atoms with van der Waals surface area (Å²) in [5.74, 6) is 0. The lowest BCUT2D eigenvalue weighted by atomic mass is 9.88. The minimum Gasteiger partial charge on any atom is -0.311 e. The van der Waals surface area contributed by atoms with Gasteiger partial charge in [-0.1, -0.05) is 43.5 Å². The standard InChI is InChI=1S/C18H24N2S/c1-21-18(9-5-2-6-10-18)14-20-13-16-12-19-11-15-7-3-4-8-17(15)16/h3-4,7-8,11-12,20H,2,5-6,9-10,13-14H2,1H3. The summed E-state index contributed by atoms with van der Waals surface area (Å²) in [6.07, 6.45) is 13.1. The van der Waals surface area contributed by atoms with Crippen molar-refractivity contribution in [3.63, 3.8) is 0 Å². The first-order valence-electron chi connectivity index (χ1n) is 7.90. The lowest BCUT2D eigenvalue weighted by molar-refractivity contribution is 0.379. The summed E-state index contributed by atoms with van der Waals surface area (Å²) in [6.45, 7) is 2.02. The normalized spacial score (nSPS) is 18.0. The van der Waals surface area contributed by atoms with Crippen molar-refractivity contribution >= 4 is 22.5 Å². The number of nitrogens with zero attached hydrogens (tertiary/aromatic N) is 1. The molecule has 112 valence electrons. The summed E-state index contributed by atoms with van der Waals surface area (Å²) in [5, 5.41) is 6.25. The van der Waals surface area contributed by atoms with Crippen molar-refractivity contribution in [1.29, 1.82) is 0 Å². The number of hydrogen-bond acceptors (Lipinski definition) is 3. The molecule has 0 aliphatic heterocycles. The number of benzene rings is 1. The molecule has 1 aliphatic rings. The maximum absolute atomic E-state index is 4.37. The molecule has 1 fully saturated rings. The van der Waals surface area contributed by atoms with Gasteiger partial charge in [0.15, 0.2) is 0 Å². The van der Waals surface area contributed by atoms with Crippen LogP contribution in [0.5, 0.6) is 0 Å². The van der Waals surface area contributed by atoms with E-state index in [1.54, 1.807) is 0 Å². The fourth-order valence-electron chi connectivity index (χ4n) is 3.39. The van der Waals surface area contributed by atoms with E-state index >= 15 is 0 Å². The predicted molar refractivity (Wildman–Crippen MR) is 92.8 cm³/mol. The van der Waals surface area contributed by atoms with Crippen LogP contribution in [-0.4, -0.2) is 22.5 Å². The zero-order chi connectivity index (χ0) is 14.5. The van der Waals surface area contributed by atoms with Crippen molar-refractivity contribution in [2.75, 3.05) is 12.8 Å². The highest BCUT2D eigenvalue weighted by atomic mass is 32.2. The van der Waals surface area contributed by atoms with Gasteiger partial charge in [-0.25, -0.2) is 0 Å². The summed E-state index contributed by atoms with van der Waals surface area (Å²) in [6, 6.07) is 8.51. The van der Waals surface area contributed by atoms with E-state index in [4.69, 9.17) is 0 Å². The van der Waals surface area contributed by atoms with E-state index in [0.29, 0.717) is 4.75 Å². The first-order valence-corrected chi connectivity index (χ1v) is 9.13. The summed E-state index contributed by atoms with van der Waals surface area (Å²) >= 11 is 2.05. The van der Waals surface area contributed by atoms with Gasteiger partial charge in [-0.3, -0.25) is 4.98 Å². The van der Waals surface area contributed by atoms with Crippen molar-refractivity contribution < 1.29 is 0 Å². The van der Waals surface area contributed by atoms with Crippen LogP contribution in [0.4, 0.5) is 0 Å². The Morgan fingerprint density at radius 3 is 2.76 bits per heavy atom. The van der Waals surface area contributed by atoms with Crippen LogP contribution in [0.15, 0.2) is 36.7 Å². The van der Waals surface area contributed by atoms with Crippen LogP contribution in [0.25, 0.3) is 10.8 Å². The number of pyridine rings is 1. The third kappa shape index (κ3) is 3.41. The Labute approximate surface area is 131 Å². The second kappa shape index (κ2) is 6.80. The molecular weight excluding hydrogens is 276 g/mol. The minimum absolute atomic E-state index is 0.455. The van der Waals surface area contributed by atoms with Crippen LogP contribution in [0, 0.1) is 0 Å². The Morgan fingerprint density at radius 2 is 1.95 bits per heavy atom. The van der Waals surface area contributed by atoms with Crippen molar-refractivity contribution in [2.24, 2.45) is 0 Å². The molecule has 0 radical (unpaired) electrons. The number of rotatable bonds is 5. The minimum atomic E-state index is 0.455. The quantitative estimate of drug-likeness (QED) is 0.886. The Balaban J connectivity index is 1.66. The third-order valence-corrected chi connectivity index (χ3v) is 6.13. The first-order chi connectivity index (χ1) is 10.3. The molecule has 2 nitrogen and oxygen atoms in total. The SMILES string of the molecule is CSC1(CNCc2cncc3ccccc23)CCCCC1. The molecule has 21 heavy (non-hydrogen) atoms. The second-order valence-corrected chi connectivity index (χ2v) is 7.35. The zero-order valence-corrected chi connectivity index (χ0v) is 13.6. The van der Waals surface area contributed by atoms with Gasteiger partial charge in [0.1, 0.15) is 0 Å².